The van der Waals surface area contributed by atoms with Crippen LogP contribution in [-0.2, 0) is 11.2 Å². The number of halogens is 1. The number of benzene rings is 1. The first-order valence-electron chi connectivity index (χ1n) is 7.25. The van der Waals surface area contributed by atoms with Crippen LogP contribution >= 0.6 is 0 Å². The highest BCUT2D eigenvalue weighted by molar-refractivity contribution is 5.90. The lowest BCUT2D eigenvalue weighted by Gasteiger charge is -2.03. The van der Waals surface area contributed by atoms with E-state index in [0.29, 0.717) is 11.4 Å². The Hall–Kier alpha value is -3.67. The van der Waals surface area contributed by atoms with Crippen LogP contribution in [0.1, 0.15) is 18.0 Å². The number of aromatic nitrogens is 4. The quantitative estimate of drug-likeness (QED) is 0.757. The molecule has 2 heterocycles. The van der Waals surface area contributed by atoms with Gasteiger partial charge in [-0.15, -0.1) is 0 Å². The number of hydrogen-bond donors (Lipinski definition) is 1. The zero-order valence-corrected chi connectivity index (χ0v) is 12.8. The van der Waals surface area contributed by atoms with Crippen LogP contribution < -0.4 is 5.32 Å². The molecule has 9 heteroatoms. The molecule has 0 spiro atoms. The van der Waals surface area contributed by atoms with Crippen molar-refractivity contribution in [2.24, 2.45) is 0 Å². The molecule has 124 valence electrons. The van der Waals surface area contributed by atoms with Crippen LogP contribution in [0.25, 0.3) is 11.4 Å². The molecular formula is C16H11FN6O2. The molecule has 0 fully saturated rings. The number of carbonyl (C=O) groups is 1. The SMILES string of the molecule is N#Cc1nccnc1NC(=O)CCc1nc(-c2ccc(F)cc2)no1. The van der Waals surface area contributed by atoms with Crippen LogP contribution in [0.2, 0.25) is 0 Å². The maximum Gasteiger partial charge on any atom is 0.227 e. The van der Waals surface area contributed by atoms with Gasteiger partial charge in [0, 0.05) is 30.8 Å². The molecule has 1 N–H and O–H groups in total. The summed E-state index contributed by atoms with van der Waals surface area (Å²) in [5.74, 6) is -0.0267. The van der Waals surface area contributed by atoms with Gasteiger partial charge in [0.1, 0.15) is 11.9 Å². The van der Waals surface area contributed by atoms with Crippen LogP contribution in [0, 0.1) is 17.1 Å². The van der Waals surface area contributed by atoms with Crippen molar-refractivity contribution < 1.29 is 13.7 Å². The predicted molar refractivity (Wildman–Crippen MR) is 83.4 cm³/mol. The first-order chi connectivity index (χ1) is 12.2. The van der Waals surface area contributed by atoms with Gasteiger partial charge in [0.25, 0.3) is 0 Å². The zero-order chi connectivity index (χ0) is 17.6. The van der Waals surface area contributed by atoms with Gasteiger partial charge in [-0.05, 0) is 24.3 Å². The summed E-state index contributed by atoms with van der Waals surface area (Å²) in [5, 5.41) is 15.2. The summed E-state index contributed by atoms with van der Waals surface area (Å²) in [4.78, 5) is 23.8. The van der Waals surface area contributed by atoms with Crippen molar-refractivity contribution in [3.05, 3.63) is 54.1 Å². The Balaban J connectivity index is 1.59. The van der Waals surface area contributed by atoms with E-state index in [4.69, 9.17) is 9.78 Å². The number of aryl methyl sites for hydroxylation is 1. The number of rotatable bonds is 5. The molecule has 3 aromatic rings. The van der Waals surface area contributed by atoms with Crippen molar-refractivity contribution in [2.45, 2.75) is 12.8 Å². The lowest BCUT2D eigenvalue weighted by atomic mass is 10.2. The van der Waals surface area contributed by atoms with Gasteiger partial charge in [-0.1, -0.05) is 5.16 Å². The molecular weight excluding hydrogens is 327 g/mol. The number of hydrogen-bond acceptors (Lipinski definition) is 7. The van der Waals surface area contributed by atoms with E-state index in [1.54, 1.807) is 0 Å². The summed E-state index contributed by atoms with van der Waals surface area (Å²) in [7, 11) is 0. The summed E-state index contributed by atoms with van der Waals surface area (Å²) < 4.78 is 18.0. The summed E-state index contributed by atoms with van der Waals surface area (Å²) in [6.07, 6.45) is 3.02. The Morgan fingerprint density at radius 3 is 2.76 bits per heavy atom. The largest absolute Gasteiger partial charge is 0.339 e. The van der Waals surface area contributed by atoms with Crippen LogP contribution in [0.5, 0.6) is 0 Å². The molecule has 1 amide bonds. The van der Waals surface area contributed by atoms with E-state index in [-0.39, 0.29) is 42.0 Å². The summed E-state index contributed by atoms with van der Waals surface area (Å²) >= 11 is 0. The van der Waals surface area contributed by atoms with Crippen molar-refractivity contribution in [2.75, 3.05) is 5.32 Å². The Kier molecular flexibility index (Phi) is 4.71. The maximum absolute atomic E-state index is 12.9. The van der Waals surface area contributed by atoms with Gasteiger partial charge in [0.15, 0.2) is 11.5 Å². The van der Waals surface area contributed by atoms with Crippen molar-refractivity contribution in [1.82, 2.24) is 20.1 Å². The fourth-order valence-electron chi connectivity index (χ4n) is 2.00. The van der Waals surface area contributed by atoms with Crippen LogP contribution in [-0.4, -0.2) is 26.0 Å². The topological polar surface area (TPSA) is 118 Å². The van der Waals surface area contributed by atoms with Crippen molar-refractivity contribution in [1.29, 1.82) is 5.26 Å². The summed E-state index contributed by atoms with van der Waals surface area (Å²) in [5.41, 5.74) is 0.645. The summed E-state index contributed by atoms with van der Waals surface area (Å²) in [6.45, 7) is 0. The van der Waals surface area contributed by atoms with E-state index in [1.807, 2.05) is 6.07 Å². The molecule has 0 aliphatic carbocycles. The maximum atomic E-state index is 12.9. The summed E-state index contributed by atoms with van der Waals surface area (Å²) in [6, 6.07) is 7.51. The van der Waals surface area contributed by atoms with Gasteiger partial charge < -0.3 is 9.84 Å². The average molecular weight is 338 g/mol. The van der Waals surface area contributed by atoms with E-state index in [1.165, 1.54) is 36.7 Å². The number of nitrogens with one attached hydrogen (secondary N) is 1. The van der Waals surface area contributed by atoms with E-state index in [0.717, 1.165) is 0 Å². The molecule has 25 heavy (non-hydrogen) atoms. The molecule has 0 aliphatic heterocycles. The Morgan fingerprint density at radius 1 is 1.24 bits per heavy atom. The minimum Gasteiger partial charge on any atom is -0.339 e. The van der Waals surface area contributed by atoms with Crippen LogP contribution in [0.3, 0.4) is 0 Å². The first kappa shape index (κ1) is 16.2. The molecule has 0 unspecified atom stereocenters. The highest BCUT2D eigenvalue weighted by atomic mass is 19.1. The highest BCUT2D eigenvalue weighted by Gasteiger charge is 2.13. The van der Waals surface area contributed by atoms with Crippen molar-refractivity contribution in [3.8, 4) is 17.5 Å². The van der Waals surface area contributed by atoms with E-state index in [9.17, 15) is 9.18 Å². The van der Waals surface area contributed by atoms with Gasteiger partial charge in [-0.3, -0.25) is 4.79 Å². The Morgan fingerprint density at radius 2 is 2.00 bits per heavy atom. The second-order valence-corrected chi connectivity index (χ2v) is 4.93. The third kappa shape index (κ3) is 4.00. The number of carbonyl (C=O) groups excluding carboxylic acids is 1. The molecule has 8 nitrogen and oxygen atoms in total. The lowest BCUT2D eigenvalue weighted by Crippen LogP contribution is -2.15. The third-order valence-electron chi connectivity index (χ3n) is 3.20. The molecule has 0 saturated carbocycles. The molecule has 1 aromatic carbocycles. The molecule has 0 bridgehead atoms. The molecule has 0 radical (unpaired) electrons. The number of anilines is 1. The molecule has 2 aromatic heterocycles. The van der Waals surface area contributed by atoms with Crippen molar-refractivity contribution in [3.63, 3.8) is 0 Å². The fraction of sp³-hybridized carbons (Fsp3) is 0.125. The lowest BCUT2D eigenvalue weighted by molar-refractivity contribution is -0.116. The Labute approximate surface area is 141 Å². The van der Waals surface area contributed by atoms with Gasteiger partial charge in [0.2, 0.25) is 17.6 Å². The third-order valence-corrected chi connectivity index (χ3v) is 3.20. The van der Waals surface area contributed by atoms with Gasteiger partial charge in [0.05, 0.1) is 0 Å². The Bertz CT molecular complexity index is 932. The minimum absolute atomic E-state index is 0.0345. The average Bonchev–Trinajstić information content (AvgIpc) is 3.10. The number of nitriles is 1. The normalized spacial score (nSPS) is 10.2. The van der Waals surface area contributed by atoms with Gasteiger partial charge >= 0.3 is 0 Å². The second-order valence-electron chi connectivity index (χ2n) is 4.93. The molecule has 0 aliphatic rings. The van der Waals surface area contributed by atoms with Gasteiger partial charge in [-0.25, -0.2) is 14.4 Å². The number of amides is 1. The zero-order valence-electron chi connectivity index (χ0n) is 12.8. The standard InChI is InChI=1S/C16H11FN6O2/c17-11-3-1-10(2-4-11)15-22-14(25-23-15)6-5-13(24)21-16-12(9-18)19-7-8-20-16/h1-4,7-8H,5-6H2,(H,20,21,24). The number of nitrogens with zero attached hydrogens (tertiary/aromatic N) is 5. The fourth-order valence-corrected chi connectivity index (χ4v) is 2.00. The predicted octanol–water partition coefficient (Wildman–Crippen LogP) is 2.11. The molecule has 0 atom stereocenters. The minimum atomic E-state index is -0.362. The van der Waals surface area contributed by atoms with Crippen LogP contribution in [0.15, 0.2) is 41.2 Å². The van der Waals surface area contributed by atoms with Crippen LogP contribution in [0.4, 0.5) is 10.2 Å². The molecule has 3 rings (SSSR count). The monoisotopic (exact) mass is 338 g/mol. The smallest absolute Gasteiger partial charge is 0.227 e. The molecule has 0 saturated heterocycles. The van der Waals surface area contributed by atoms with E-state index in [2.05, 4.69) is 25.4 Å². The second kappa shape index (κ2) is 7.27. The van der Waals surface area contributed by atoms with E-state index >= 15 is 0 Å². The highest BCUT2D eigenvalue weighted by Crippen LogP contribution is 2.16. The van der Waals surface area contributed by atoms with Crippen molar-refractivity contribution >= 4 is 11.7 Å². The van der Waals surface area contributed by atoms with Gasteiger partial charge in [-0.2, -0.15) is 10.2 Å². The first-order valence-corrected chi connectivity index (χ1v) is 7.25. The van der Waals surface area contributed by atoms with E-state index < -0.39 is 0 Å².